The summed E-state index contributed by atoms with van der Waals surface area (Å²) in [6, 6.07) is 11.8. The first-order chi connectivity index (χ1) is 13.5. The fourth-order valence-corrected chi connectivity index (χ4v) is 3.12. The molecule has 0 atom stereocenters. The molecule has 1 saturated heterocycles. The maximum absolute atomic E-state index is 13.8. The zero-order valence-corrected chi connectivity index (χ0v) is 16.5. The van der Waals surface area contributed by atoms with Gasteiger partial charge in [-0.15, -0.1) is 0 Å². The zero-order chi connectivity index (χ0) is 20.1. The number of carbonyl (C=O) groups is 1. The highest BCUT2D eigenvalue weighted by atomic mass is 32.1. The summed E-state index contributed by atoms with van der Waals surface area (Å²) in [5.74, 6) is 0.548. The van der Waals surface area contributed by atoms with E-state index in [0.29, 0.717) is 41.0 Å². The molecule has 1 aliphatic heterocycles. The van der Waals surface area contributed by atoms with Gasteiger partial charge in [-0.3, -0.25) is 9.69 Å². The molecule has 1 aliphatic rings. The second-order valence-electron chi connectivity index (χ2n) is 6.06. The predicted molar refractivity (Wildman–Crippen MR) is 109 cm³/mol. The van der Waals surface area contributed by atoms with Gasteiger partial charge in [-0.1, -0.05) is 24.3 Å². The maximum atomic E-state index is 13.8. The van der Waals surface area contributed by atoms with E-state index in [1.54, 1.807) is 42.5 Å². The van der Waals surface area contributed by atoms with Gasteiger partial charge in [-0.05, 0) is 55.9 Å². The molecule has 0 unspecified atom stereocenters. The summed E-state index contributed by atoms with van der Waals surface area (Å²) >= 11 is 5.17. The van der Waals surface area contributed by atoms with Crippen molar-refractivity contribution in [2.24, 2.45) is 0 Å². The number of halogens is 1. The Bertz CT molecular complexity index is 930. The van der Waals surface area contributed by atoms with Crippen molar-refractivity contribution >= 4 is 29.3 Å². The van der Waals surface area contributed by atoms with Crippen molar-refractivity contribution in [3.63, 3.8) is 0 Å². The summed E-state index contributed by atoms with van der Waals surface area (Å²) in [6.07, 6.45) is 1.72. The number of ether oxygens (including phenoxy) is 2. The quantitative estimate of drug-likeness (QED) is 0.565. The third-order valence-electron chi connectivity index (χ3n) is 4.20. The lowest BCUT2D eigenvalue weighted by Crippen LogP contribution is -2.30. The van der Waals surface area contributed by atoms with Crippen molar-refractivity contribution in [2.45, 2.75) is 20.5 Å². The molecule has 7 heteroatoms. The van der Waals surface area contributed by atoms with E-state index >= 15 is 0 Å². The number of benzene rings is 2. The molecule has 1 amide bonds. The van der Waals surface area contributed by atoms with Gasteiger partial charge in [0.25, 0.3) is 5.91 Å². The summed E-state index contributed by atoms with van der Waals surface area (Å²) in [4.78, 5) is 13.8. The maximum Gasteiger partial charge on any atom is 0.276 e. The van der Waals surface area contributed by atoms with Crippen LogP contribution >= 0.6 is 12.2 Å². The Hall–Kier alpha value is -2.93. The molecule has 0 radical (unpaired) electrons. The molecule has 28 heavy (non-hydrogen) atoms. The van der Waals surface area contributed by atoms with E-state index in [0.717, 1.165) is 5.56 Å². The second kappa shape index (κ2) is 8.84. The van der Waals surface area contributed by atoms with Crippen molar-refractivity contribution in [1.29, 1.82) is 0 Å². The largest absolute Gasteiger partial charge is 0.490 e. The third kappa shape index (κ3) is 4.31. The van der Waals surface area contributed by atoms with E-state index < -0.39 is 0 Å². The average molecular weight is 400 g/mol. The normalized spacial score (nSPS) is 15.1. The Morgan fingerprint density at radius 2 is 1.93 bits per heavy atom. The van der Waals surface area contributed by atoms with Gasteiger partial charge in [0.15, 0.2) is 16.6 Å². The smallest absolute Gasteiger partial charge is 0.276 e. The molecule has 2 aromatic carbocycles. The van der Waals surface area contributed by atoms with Crippen LogP contribution in [0.2, 0.25) is 0 Å². The molecule has 3 rings (SSSR count). The predicted octanol–water partition coefficient (Wildman–Crippen LogP) is 3.88. The van der Waals surface area contributed by atoms with E-state index in [1.807, 2.05) is 13.8 Å². The Morgan fingerprint density at radius 1 is 1.14 bits per heavy atom. The number of carbonyl (C=O) groups excluding carboxylic acids is 1. The van der Waals surface area contributed by atoms with Gasteiger partial charge in [0.05, 0.1) is 6.61 Å². The van der Waals surface area contributed by atoms with Crippen LogP contribution in [-0.4, -0.2) is 29.1 Å². The fourth-order valence-electron chi connectivity index (χ4n) is 2.80. The lowest BCUT2D eigenvalue weighted by Gasteiger charge is -2.13. The molecule has 1 heterocycles. The van der Waals surface area contributed by atoms with Crippen molar-refractivity contribution in [2.75, 3.05) is 13.2 Å². The van der Waals surface area contributed by atoms with Gasteiger partial charge in [0.1, 0.15) is 18.1 Å². The molecule has 0 aliphatic carbocycles. The first-order valence-electron chi connectivity index (χ1n) is 9.01. The minimum Gasteiger partial charge on any atom is -0.490 e. The van der Waals surface area contributed by atoms with Gasteiger partial charge in [-0.25, -0.2) is 4.39 Å². The Labute approximate surface area is 168 Å². The molecule has 1 fully saturated rings. The van der Waals surface area contributed by atoms with Gasteiger partial charge >= 0.3 is 0 Å². The van der Waals surface area contributed by atoms with Gasteiger partial charge < -0.3 is 14.8 Å². The van der Waals surface area contributed by atoms with Gasteiger partial charge in [-0.2, -0.15) is 0 Å². The Morgan fingerprint density at radius 3 is 2.61 bits per heavy atom. The highest BCUT2D eigenvalue weighted by Crippen LogP contribution is 2.30. The number of rotatable bonds is 7. The van der Waals surface area contributed by atoms with Crippen LogP contribution in [0.3, 0.4) is 0 Å². The van der Waals surface area contributed by atoms with Crippen LogP contribution in [0.1, 0.15) is 25.0 Å². The van der Waals surface area contributed by atoms with Crippen LogP contribution < -0.4 is 14.8 Å². The van der Waals surface area contributed by atoms with Crippen molar-refractivity contribution in [3.8, 4) is 11.5 Å². The van der Waals surface area contributed by atoms with Crippen molar-refractivity contribution in [1.82, 2.24) is 10.2 Å². The number of hydrogen-bond acceptors (Lipinski definition) is 4. The topological polar surface area (TPSA) is 50.8 Å². The number of nitrogens with one attached hydrogen (secondary N) is 1. The second-order valence-corrected chi connectivity index (χ2v) is 6.44. The minimum absolute atomic E-state index is 0.0902. The van der Waals surface area contributed by atoms with E-state index in [-0.39, 0.29) is 18.3 Å². The highest BCUT2D eigenvalue weighted by Gasteiger charge is 2.29. The lowest BCUT2D eigenvalue weighted by molar-refractivity contribution is -0.122. The van der Waals surface area contributed by atoms with Gasteiger partial charge in [0.2, 0.25) is 0 Å². The zero-order valence-electron chi connectivity index (χ0n) is 15.7. The molecular formula is C21H21FN2O3S. The SMILES string of the molecule is CCOc1cc(/C=C2/NC(=S)N(CC)C2=O)ccc1OCc1ccccc1F. The molecular weight excluding hydrogens is 379 g/mol. The van der Waals surface area contributed by atoms with E-state index in [1.165, 1.54) is 11.0 Å². The first-order valence-corrected chi connectivity index (χ1v) is 9.42. The monoisotopic (exact) mass is 400 g/mol. The third-order valence-corrected chi connectivity index (χ3v) is 4.52. The summed E-state index contributed by atoms with van der Waals surface area (Å²) in [5, 5.41) is 3.32. The van der Waals surface area contributed by atoms with Crippen LogP contribution in [0.25, 0.3) is 6.08 Å². The summed E-state index contributed by atoms with van der Waals surface area (Å²) in [5.41, 5.74) is 1.64. The molecule has 0 bridgehead atoms. The van der Waals surface area contributed by atoms with Crippen LogP contribution in [0.5, 0.6) is 11.5 Å². The van der Waals surface area contributed by atoms with E-state index in [9.17, 15) is 9.18 Å². The van der Waals surface area contributed by atoms with Crippen LogP contribution in [0.4, 0.5) is 4.39 Å². The van der Waals surface area contributed by atoms with E-state index in [2.05, 4.69) is 5.32 Å². The molecule has 0 aromatic heterocycles. The summed E-state index contributed by atoms with van der Waals surface area (Å²) < 4.78 is 25.2. The summed E-state index contributed by atoms with van der Waals surface area (Å²) in [7, 11) is 0. The summed E-state index contributed by atoms with van der Waals surface area (Å²) in [6.45, 7) is 4.78. The van der Waals surface area contributed by atoms with Crippen molar-refractivity contribution < 1.29 is 18.7 Å². The molecule has 5 nitrogen and oxygen atoms in total. The molecule has 146 valence electrons. The molecule has 0 saturated carbocycles. The Kier molecular flexibility index (Phi) is 6.26. The molecule has 1 N–H and O–H groups in total. The number of nitrogens with zero attached hydrogens (tertiary/aromatic N) is 1. The van der Waals surface area contributed by atoms with E-state index in [4.69, 9.17) is 21.7 Å². The Balaban J connectivity index is 1.81. The van der Waals surface area contributed by atoms with Crippen LogP contribution in [-0.2, 0) is 11.4 Å². The number of likely N-dealkylation sites (N-methyl/N-ethyl adjacent to an activating group) is 1. The molecule has 2 aromatic rings. The minimum atomic E-state index is -0.316. The van der Waals surface area contributed by atoms with Crippen LogP contribution in [0.15, 0.2) is 48.2 Å². The number of thiocarbonyl (C=S) groups is 1. The number of amides is 1. The van der Waals surface area contributed by atoms with Gasteiger partial charge in [0, 0.05) is 12.1 Å². The first kappa shape index (κ1) is 19.8. The average Bonchev–Trinajstić information content (AvgIpc) is 2.95. The molecule has 0 spiro atoms. The standard InChI is InChI=1S/C21H21FN2O3S/c1-3-24-20(25)17(23-21(24)28)11-14-9-10-18(19(12-14)26-4-2)27-13-15-7-5-6-8-16(15)22/h5-12H,3-4,13H2,1-2H3,(H,23,28)/b17-11+. The van der Waals surface area contributed by atoms with Crippen LogP contribution in [0, 0.1) is 5.82 Å². The number of hydrogen-bond donors (Lipinski definition) is 1. The fraction of sp³-hybridized carbons (Fsp3) is 0.238. The lowest BCUT2D eigenvalue weighted by atomic mass is 10.1. The highest BCUT2D eigenvalue weighted by molar-refractivity contribution is 7.80. The van der Waals surface area contributed by atoms with Crippen molar-refractivity contribution in [3.05, 3.63) is 65.1 Å².